The van der Waals surface area contributed by atoms with Gasteiger partial charge in [-0.05, 0) is 18.1 Å². The molecule has 2 nitrogen and oxygen atoms in total. The molecule has 0 bridgehead atoms. The van der Waals surface area contributed by atoms with Crippen LogP contribution in [0.25, 0.3) is 0 Å². The van der Waals surface area contributed by atoms with Crippen molar-refractivity contribution in [2.45, 2.75) is 13.3 Å². The summed E-state index contributed by atoms with van der Waals surface area (Å²) in [6.45, 7) is 1.93. The van der Waals surface area contributed by atoms with E-state index >= 15 is 0 Å². The zero-order valence-corrected chi connectivity index (χ0v) is 8.55. The van der Waals surface area contributed by atoms with Crippen molar-refractivity contribution in [1.82, 2.24) is 0 Å². The van der Waals surface area contributed by atoms with E-state index in [1.807, 2.05) is 18.6 Å². The van der Waals surface area contributed by atoms with Crippen molar-refractivity contribution in [1.29, 1.82) is 0 Å². The van der Waals surface area contributed by atoms with Gasteiger partial charge in [-0.25, -0.2) is 4.79 Å². The lowest BCUT2D eigenvalue weighted by Gasteiger charge is -2.00. The summed E-state index contributed by atoms with van der Waals surface area (Å²) in [6.07, 6.45) is 4.37. The topological polar surface area (TPSA) is 26.3 Å². The fraction of sp³-hybridized carbons (Fsp3) is 0.571. The van der Waals surface area contributed by atoms with E-state index in [0.717, 1.165) is 24.0 Å². The third-order valence-electron chi connectivity index (χ3n) is 1.06. The maximum absolute atomic E-state index is 11.0. The van der Waals surface area contributed by atoms with E-state index in [4.69, 9.17) is 4.18 Å². The first-order valence-corrected chi connectivity index (χ1v) is 5.66. The normalized spacial score (nSPS) is 11.4. The van der Waals surface area contributed by atoms with E-state index in [2.05, 4.69) is 0 Å². The standard InChI is InChI=1S/C7H12O2S2/c1-4-6(5-10-2)7(8)9-11-3/h5H,4H2,1-3H3. The molecular weight excluding hydrogens is 180 g/mol. The van der Waals surface area contributed by atoms with E-state index in [1.54, 1.807) is 6.26 Å². The summed E-state index contributed by atoms with van der Waals surface area (Å²) in [5.74, 6) is -0.227. The molecule has 0 N–H and O–H groups in total. The van der Waals surface area contributed by atoms with Crippen LogP contribution in [0.15, 0.2) is 11.0 Å². The van der Waals surface area contributed by atoms with Crippen LogP contribution in [0.1, 0.15) is 13.3 Å². The Labute approximate surface area is 76.0 Å². The summed E-state index contributed by atoms with van der Waals surface area (Å²) in [7, 11) is 0. The minimum absolute atomic E-state index is 0.227. The highest BCUT2D eigenvalue weighted by atomic mass is 32.2. The highest BCUT2D eigenvalue weighted by Gasteiger charge is 2.07. The number of carbonyl (C=O) groups is 1. The molecule has 0 saturated heterocycles. The summed E-state index contributed by atoms with van der Waals surface area (Å²) in [5.41, 5.74) is 0.729. The summed E-state index contributed by atoms with van der Waals surface area (Å²) >= 11 is 2.60. The van der Waals surface area contributed by atoms with Gasteiger partial charge in [-0.15, -0.1) is 11.8 Å². The average molecular weight is 192 g/mol. The maximum Gasteiger partial charge on any atom is 0.346 e. The van der Waals surface area contributed by atoms with Gasteiger partial charge in [0.2, 0.25) is 0 Å². The highest BCUT2D eigenvalue weighted by Crippen LogP contribution is 2.11. The Kier molecular flexibility index (Phi) is 6.56. The van der Waals surface area contributed by atoms with Crippen LogP contribution in [-0.2, 0) is 8.98 Å². The van der Waals surface area contributed by atoms with Crippen molar-refractivity contribution in [2.24, 2.45) is 0 Å². The van der Waals surface area contributed by atoms with Gasteiger partial charge in [0.15, 0.2) is 0 Å². The molecule has 0 heterocycles. The van der Waals surface area contributed by atoms with Gasteiger partial charge in [-0.2, -0.15) is 0 Å². The van der Waals surface area contributed by atoms with E-state index in [0.29, 0.717) is 0 Å². The molecule has 0 unspecified atom stereocenters. The van der Waals surface area contributed by atoms with Crippen LogP contribution in [-0.4, -0.2) is 18.5 Å². The molecule has 11 heavy (non-hydrogen) atoms. The second kappa shape index (κ2) is 6.61. The largest absolute Gasteiger partial charge is 0.388 e. The molecule has 0 spiro atoms. The predicted octanol–water partition coefficient (Wildman–Crippen LogP) is 2.46. The van der Waals surface area contributed by atoms with Crippen molar-refractivity contribution >= 4 is 29.8 Å². The van der Waals surface area contributed by atoms with Crippen molar-refractivity contribution in [2.75, 3.05) is 12.5 Å². The number of rotatable bonds is 4. The van der Waals surface area contributed by atoms with Gasteiger partial charge in [0, 0.05) is 11.8 Å². The molecule has 0 fully saturated rings. The molecule has 0 rings (SSSR count). The minimum atomic E-state index is -0.227. The van der Waals surface area contributed by atoms with Crippen LogP contribution < -0.4 is 0 Å². The summed E-state index contributed by atoms with van der Waals surface area (Å²) in [4.78, 5) is 11.0. The molecule has 0 atom stereocenters. The summed E-state index contributed by atoms with van der Waals surface area (Å²) in [6, 6.07) is 0. The zero-order valence-electron chi connectivity index (χ0n) is 6.92. The van der Waals surface area contributed by atoms with Gasteiger partial charge in [0.25, 0.3) is 0 Å². The van der Waals surface area contributed by atoms with Crippen molar-refractivity contribution in [3.8, 4) is 0 Å². The third kappa shape index (κ3) is 4.37. The van der Waals surface area contributed by atoms with Crippen LogP contribution in [0.5, 0.6) is 0 Å². The predicted molar refractivity (Wildman–Crippen MR) is 51.5 cm³/mol. The Hall–Kier alpha value is -0.0900. The molecular formula is C7H12O2S2. The van der Waals surface area contributed by atoms with Crippen LogP contribution in [0.4, 0.5) is 0 Å². The first-order chi connectivity index (χ1) is 5.26. The molecule has 0 aromatic rings. The lowest BCUT2D eigenvalue weighted by molar-refractivity contribution is -0.128. The van der Waals surface area contributed by atoms with Crippen molar-refractivity contribution in [3.63, 3.8) is 0 Å². The maximum atomic E-state index is 11.0. The molecule has 0 radical (unpaired) electrons. The average Bonchev–Trinajstić information content (AvgIpc) is 2.00. The van der Waals surface area contributed by atoms with Gasteiger partial charge in [0.05, 0.1) is 12.0 Å². The molecule has 4 heteroatoms. The van der Waals surface area contributed by atoms with E-state index in [1.165, 1.54) is 11.8 Å². The molecule has 0 amide bonds. The van der Waals surface area contributed by atoms with E-state index in [-0.39, 0.29) is 5.97 Å². The lowest BCUT2D eigenvalue weighted by atomic mass is 10.2. The van der Waals surface area contributed by atoms with E-state index < -0.39 is 0 Å². The lowest BCUT2D eigenvalue weighted by Crippen LogP contribution is -2.01. The molecule has 0 saturated carbocycles. The van der Waals surface area contributed by atoms with Gasteiger partial charge >= 0.3 is 5.97 Å². The third-order valence-corrected chi connectivity index (χ3v) is 1.90. The van der Waals surface area contributed by atoms with Crippen LogP contribution in [0.3, 0.4) is 0 Å². The monoisotopic (exact) mass is 192 g/mol. The quantitative estimate of drug-likeness (QED) is 0.505. The zero-order chi connectivity index (χ0) is 8.69. The first kappa shape index (κ1) is 10.9. The Bertz CT molecular complexity index is 155. The summed E-state index contributed by atoms with van der Waals surface area (Å²) < 4.78 is 4.74. The van der Waals surface area contributed by atoms with E-state index in [9.17, 15) is 4.79 Å². The number of carbonyl (C=O) groups excluding carboxylic acids is 1. The Morgan fingerprint density at radius 2 is 2.18 bits per heavy atom. The second-order valence-corrected chi connectivity index (χ2v) is 2.98. The number of thioether (sulfide) groups is 1. The Balaban J connectivity index is 4.03. The fourth-order valence-electron chi connectivity index (χ4n) is 0.547. The molecule has 0 aromatic carbocycles. The SMILES string of the molecule is CCC(=CSC)C(=O)OSC. The number of hydrogen-bond acceptors (Lipinski definition) is 4. The van der Waals surface area contributed by atoms with Gasteiger partial charge in [0.1, 0.15) is 0 Å². The Morgan fingerprint density at radius 1 is 1.55 bits per heavy atom. The van der Waals surface area contributed by atoms with Crippen molar-refractivity contribution < 1.29 is 8.98 Å². The molecule has 0 aromatic heterocycles. The number of hydrogen-bond donors (Lipinski definition) is 0. The fourth-order valence-corrected chi connectivity index (χ4v) is 1.35. The van der Waals surface area contributed by atoms with Crippen LogP contribution in [0, 0.1) is 0 Å². The summed E-state index contributed by atoms with van der Waals surface area (Å²) in [5, 5.41) is 1.82. The Morgan fingerprint density at radius 3 is 2.55 bits per heavy atom. The molecule has 0 aliphatic rings. The smallest absolute Gasteiger partial charge is 0.346 e. The second-order valence-electron chi connectivity index (χ2n) is 1.77. The molecule has 64 valence electrons. The van der Waals surface area contributed by atoms with Gasteiger partial charge in [-0.3, -0.25) is 0 Å². The van der Waals surface area contributed by atoms with Crippen LogP contribution >= 0.6 is 23.8 Å². The van der Waals surface area contributed by atoms with Gasteiger partial charge < -0.3 is 4.18 Å². The molecule has 0 aliphatic carbocycles. The first-order valence-electron chi connectivity index (χ1n) is 3.23. The van der Waals surface area contributed by atoms with Crippen molar-refractivity contribution in [3.05, 3.63) is 11.0 Å². The molecule has 0 aliphatic heterocycles. The van der Waals surface area contributed by atoms with Gasteiger partial charge in [-0.1, -0.05) is 6.92 Å². The highest BCUT2D eigenvalue weighted by molar-refractivity contribution is 8.01. The van der Waals surface area contributed by atoms with Crippen LogP contribution in [0.2, 0.25) is 0 Å². The minimum Gasteiger partial charge on any atom is -0.388 e.